The molecular formula is C38H20N4Se. The summed E-state index contributed by atoms with van der Waals surface area (Å²) in [6.07, 6.45) is 0. The number of aromatic nitrogens is 2. The van der Waals surface area contributed by atoms with Crippen molar-refractivity contribution in [3.63, 3.8) is 0 Å². The molecular weight excluding hydrogens is 591 g/mol. The maximum atomic E-state index is 9.55. The predicted octanol–water partition coefficient (Wildman–Crippen LogP) is 9.67. The molecule has 9 rings (SSSR count). The molecule has 0 radical (unpaired) electrons. The second-order valence-electron chi connectivity index (χ2n) is 10.8. The Morgan fingerprint density at radius 2 is 1.07 bits per heavy atom. The quantitative estimate of drug-likeness (QED) is 0.142. The van der Waals surface area contributed by atoms with E-state index in [0.717, 1.165) is 55.0 Å². The van der Waals surface area contributed by atoms with Crippen molar-refractivity contribution in [1.29, 1.82) is 5.26 Å². The number of fused-ring (bicyclic) bond motifs is 9. The third-order valence-electron chi connectivity index (χ3n) is 8.54. The first-order valence-corrected chi connectivity index (χ1v) is 15.7. The van der Waals surface area contributed by atoms with Crippen molar-refractivity contribution < 1.29 is 0 Å². The van der Waals surface area contributed by atoms with Crippen LogP contribution in [-0.4, -0.2) is 23.6 Å². The van der Waals surface area contributed by atoms with Gasteiger partial charge >= 0.3 is 253 Å². The van der Waals surface area contributed by atoms with Crippen LogP contribution in [0.15, 0.2) is 121 Å². The van der Waals surface area contributed by atoms with E-state index < -0.39 is 0 Å². The Kier molecular flexibility index (Phi) is 5.01. The molecule has 0 aliphatic heterocycles. The van der Waals surface area contributed by atoms with Gasteiger partial charge in [0.2, 0.25) is 0 Å². The van der Waals surface area contributed by atoms with E-state index in [-0.39, 0.29) is 14.5 Å². The van der Waals surface area contributed by atoms with E-state index in [1.54, 1.807) is 0 Å². The maximum absolute atomic E-state index is 9.55. The van der Waals surface area contributed by atoms with Gasteiger partial charge in [0.05, 0.1) is 0 Å². The van der Waals surface area contributed by atoms with Gasteiger partial charge in [-0.2, -0.15) is 0 Å². The van der Waals surface area contributed by atoms with Crippen LogP contribution in [0.5, 0.6) is 0 Å². The topological polar surface area (TPSA) is 38.0 Å². The molecule has 198 valence electrons. The van der Waals surface area contributed by atoms with E-state index in [2.05, 4.69) is 117 Å². The number of hydrogen-bond acceptors (Lipinski definition) is 1. The molecule has 0 aliphatic rings. The van der Waals surface area contributed by atoms with Crippen molar-refractivity contribution in [3.8, 4) is 17.4 Å². The van der Waals surface area contributed by atoms with Gasteiger partial charge in [-0.3, -0.25) is 0 Å². The summed E-state index contributed by atoms with van der Waals surface area (Å²) in [4.78, 5) is 3.68. The molecule has 0 unspecified atom stereocenters. The van der Waals surface area contributed by atoms with Gasteiger partial charge in [-0.25, -0.2) is 0 Å². The zero-order chi connectivity index (χ0) is 28.7. The van der Waals surface area contributed by atoms with Gasteiger partial charge in [0.1, 0.15) is 0 Å². The molecule has 0 atom stereocenters. The monoisotopic (exact) mass is 612 g/mol. The molecule has 3 heterocycles. The second-order valence-corrected chi connectivity index (χ2v) is 13.1. The fraction of sp³-hybridized carbons (Fsp3) is 0. The summed E-state index contributed by atoms with van der Waals surface area (Å²) in [5, 5.41) is 16.6. The summed E-state index contributed by atoms with van der Waals surface area (Å²) in [5.74, 6) is 0. The number of nitriles is 1. The Balaban J connectivity index is 1.30. The number of benzene rings is 6. The van der Waals surface area contributed by atoms with Crippen LogP contribution in [0.3, 0.4) is 0 Å². The number of hydrogen-bond donors (Lipinski definition) is 0. The molecule has 43 heavy (non-hydrogen) atoms. The molecule has 0 amide bonds. The van der Waals surface area contributed by atoms with E-state index in [4.69, 9.17) is 6.57 Å². The zero-order valence-electron chi connectivity index (χ0n) is 22.7. The molecule has 0 saturated carbocycles. The van der Waals surface area contributed by atoms with Crippen LogP contribution in [0.2, 0.25) is 0 Å². The van der Waals surface area contributed by atoms with Crippen LogP contribution in [0.4, 0.5) is 5.69 Å². The van der Waals surface area contributed by atoms with E-state index in [0.29, 0.717) is 11.3 Å². The summed E-state index contributed by atoms with van der Waals surface area (Å²) >= 11 is 0.232. The predicted molar refractivity (Wildman–Crippen MR) is 178 cm³/mol. The molecule has 9 aromatic rings. The fourth-order valence-corrected chi connectivity index (χ4v) is 8.90. The summed E-state index contributed by atoms with van der Waals surface area (Å²) in [6, 6.07) is 44.9. The van der Waals surface area contributed by atoms with Gasteiger partial charge in [0.15, 0.2) is 0 Å². The molecule has 0 spiro atoms. The van der Waals surface area contributed by atoms with Crippen molar-refractivity contribution >= 4 is 83.1 Å². The first kappa shape index (κ1) is 24.1. The van der Waals surface area contributed by atoms with E-state index in [9.17, 15) is 5.26 Å². The van der Waals surface area contributed by atoms with Crippen molar-refractivity contribution in [2.75, 3.05) is 0 Å². The van der Waals surface area contributed by atoms with Crippen LogP contribution >= 0.6 is 0 Å². The summed E-state index contributed by atoms with van der Waals surface area (Å²) < 4.78 is 7.43. The van der Waals surface area contributed by atoms with Crippen LogP contribution in [0.1, 0.15) is 5.56 Å². The van der Waals surface area contributed by atoms with Crippen LogP contribution in [-0.2, 0) is 0 Å². The molecule has 5 heteroatoms. The van der Waals surface area contributed by atoms with Crippen LogP contribution in [0, 0.1) is 17.9 Å². The molecule has 0 aliphatic carbocycles. The van der Waals surface area contributed by atoms with E-state index in [1.165, 1.54) is 19.3 Å². The summed E-state index contributed by atoms with van der Waals surface area (Å²) in [5.41, 5.74) is 8.04. The Bertz CT molecular complexity index is 2520. The van der Waals surface area contributed by atoms with Crippen molar-refractivity contribution in [3.05, 3.63) is 138 Å². The third kappa shape index (κ3) is 3.41. The molecule has 0 N–H and O–H groups in total. The van der Waals surface area contributed by atoms with Crippen LogP contribution in [0.25, 0.3) is 79.1 Å². The Labute approximate surface area is 252 Å². The minimum atomic E-state index is 0.232. The van der Waals surface area contributed by atoms with Gasteiger partial charge < -0.3 is 0 Å². The SMILES string of the molecule is [C-]#[N+]c1ccc2c(c1)c1ccccc1n2-c1ccc2[se]c3ccc(-n4c5ccccc5c5cc(C#N)ccc54)cc3c2c1. The fourth-order valence-electron chi connectivity index (χ4n) is 6.66. The summed E-state index contributed by atoms with van der Waals surface area (Å²) in [6.45, 7) is 7.53. The van der Waals surface area contributed by atoms with Gasteiger partial charge in [-0.15, -0.1) is 0 Å². The van der Waals surface area contributed by atoms with Crippen molar-refractivity contribution in [2.24, 2.45) is 0 Å². The van der Waals surface area contributed by atoms with Gasteiger partial charge in [0, 0.05) is 0 Å². The Hall–Kier alpha value is -5.58. The van der Waals surface area contributed by atoms with E-state index >= 15 is 0 Å². The second kappa shape index (κ2) is 8.96. The molecule has 6 aromatic carbocycles. The third-order valence-corrected chi connectivity index (χ3v) is 11.0. The molecule has 3 aromatic heterocycles. The Morgan fingerprint density at radius 3 is 1.65 bits per heavy atom. The van der Waals surface area contributed by atoms with Gasteiger partial charge in [-0.05, 0) is 0 Å². The number of para-hydroxylation sites is 2. The number of rotatable bonds is 2. The molecule has 0 saturated heterocycles. The van der Waals surface area contributed by atoms with Crippen molar-refractivity contribution in [1.82, 2.24) is 9.13 Å². The van der Waals surface area contributed by atoms with E-state index in [1.807, 2.05) is 24.3 Å². The Morgan fingerprint density at radius 1 is 0.535 bits per heavy atom. The average Bonchev–Trinajstić information content (AvgIpc) is 3.71. The van der Waals surface area contributed by atoms with Gasteiger partial charge in [-0.1, -0.05) is 0 Å². The molecule has 0 fully saturated rings. The van der Waals surface area contributed by atoms with Gasteiger partial charge in [0.25, 0.3) is 0 Å². The molecule has 4 nitrogen and oxygen atoms in total. The number of nitrogens with zero attached hydrogens (tertiary/aromatic N) is 4. The minimum absolute atomic E-state index is 0.232. The first-order chi connectivity index (χ1) is 21.2. The normalized spacial score (nSPS) is 11.7. The zero-order valence-corrected chi connectivity index (χ0v) is 24.5. The molecule has 0 bridgehead atoms. The summed E-state index contributed by atoms with van der Waals surface area (Å²) in [7, 11) is 0. The first-order valence-electron chi connectivity index (χ1n) is 14.0. The van der Waals surface area contributed by atoms with Crippen LogP contribution < -0.4 is 0 Å². The average molecular weight is 612 g/mol. The standard InChI is InChI=1S/C38H20N4Se/c1-40-24-11-15-36-30(19-24)28-7-3-5-9-34(28)42(36)26-13-17-38-32(21-26)31-20-25(12-16-37(31)43-38)41-33-8-4-2-6-27(33)29-18-23(22-39)10-14-35(29)41/h2-21H. The van der Waals surface area contributed by atoms with Crippen molar-refractivity contribution in [2.45, 2.75) is 0 Å².